The molecule has 1 fully saturated rings. The van der Waals surface area contributed by atoms with Crippen LogP contribution < -0.4 is 5.32 Å². The third-order valence-corrected chi connectivity index (χ3v) is 5.98. The maximum Gasteiger partial charge on any atom is 0.273 e. The van der Waals surface area contributed by atoms with Gasteiger partial charge in [-0.2, -0.15) is 5.10 Å². The highest BCUT2D eigenvalue weighted by Gasteiger charge is 2.33. The van der Waals surface area contributed by atoms with E-state index < -0.39 is 0 Å². The fraction of sp³-hybridized carbons (Fsp3) is 0.381. The van der Waals surface area contributed by atoms with Crippen molar-refractivity contribution in [1.29, 1.82) is 0 Å². The highest BCUT2D eigenvalue weighted by Crippen LogP contribution is 2.26. The monoisotopic (exact) mass is 395 g/mol. The van der Waals surface area contributed by atoms with E-state index in [1.165, 1.54) is 11.3 Å². The first-order chi connectivity index (χ1) is 13.5. The molecule has 1 aliphatic rings. The van der Waals surface area contributed by atoms with Gasteiger partial charge in [0.25, 0.3) is 5.91 Å². The number of nitrogens with one attached hydrogen (secondary N) is 1. The van der Waals surface area contributed by atoms with E-state index in [2.05, 4.69) is 36.2 Å². The van der Waals surface area contributed by atoms with Crippen molar-refractivity contribution in [3.05, 3.63) is 53.8 Å². The van der Waals surface area contributed by atoms with E-state index in [0.29, 0.717) is 11.7 Å². The predicted molar refractivity (Wildman–Crippen MR) is 112 cm³/mol. The van der Waals surface area contributed by atoms with Crippen LogP contribution in [0.2, 0.25) is 0 Å². The Morgan fingerprint density at radius 2 is 2.11 bits per heavy atom. The predicted octanol–water partition coefficient (Wildman–Crippen LogP) is 3.60. The summed E-state index contributed by atoms with van der Waals surface area (Å²) < 4.78 is 1.82. The molecule has 1 amide bonds. The third-order valence-electron chi connectivity index (χ3n) is 5.09. The molecule has 1 N–H and O–H groups in total. The average molecular weight is 396 g/mol. The Morgan fingerprint density at radius 1 is 1.32 bits per heavy atom. The summed E-state index contributed by atoms with van der Waals surface area (Å²) in [5.41, 5.74) is 2.43. The molecule has 0 bridgehead atoms. The van der Waals surface area contributed by atoms with Crippen LogP contribution in [0.3, 0.4) is 0 Å². The topological polar surface area (TPSA) is 63.1 Å². The number of hydrogen-bond acceptors (Lipinski definition) is 5. The number of thiazole rings is 1. The van der Waals surface area contributed by atoms with E-state index in [1.54, 1.807) is 6.20 Å². The molecule has 1 aromatic carbocycles. The Balaban J connectivity index is 1.55. The second-order valence-corrected chi connectivity index (χ2v) is 8.41. The minimum absolute atomic E-state index is 0.00820. The van der Waals surface area contributed by atoms with Gasteiger partial charge >= 0.3 is 0 Å². The number of para-hydroxylation sites is 1. The smallest absolute Gasteiger partial charge is 0.273 e. The molecule has 28 heavy (non-hydrogen) atoms. The zero-order chi connectivity index (χ0) is 19.7. The molecule has 0 unspecified atom stereocenters. The maximum atomic E-state index is 13.2. The Kier molecular flexibility index (Phi) is 5.28. The molecule has 0 saturated carbocycles. The second kappa shape index (κ2) is 7.85. The van der Waals surface area contributed by atoms with Crippen LogP contribution in [0.5, 0.6) is 0 Å². The average Bonchev–Trinajstić information content (AvgIpc) is 3.42. The zero-order valence-electron chi connectivity index (χ0n) is 16.4. The number of amides is 1. The van der Waals surface area contributed by atoms with Crippen LogP contribution in [0.1, 0.15) is 37.7 Å². The summed E-state index contributed by atoms with van der Waals surface area (Å²) in [5, 5.41) is 10.5. The van der Waals surface area contributed by atoms with Crippen LogP contribution in [-0.2, 0) is 0 Å². The van der Waals surface area contributed by atoms with Crippen molar-refractivity contribution in [3.8, 4) is 16.3 Å². The van der Waals surface area contributed by atoms with Gasteiger partial charge in [0, 0.05) is 41.8 Å². The normalized spacial score (nSPS) is 19.3. The summed E-state index contributed by atoms with van der Waals surface area (Å²) in [5.74, 6) is 0.00820. The largest absolute Gasteiger partial charge is 0.331 e. The van der Waals surface area contributed by atoms with Crippen molar-refractivity contribution in [2.24, 2.45) is 0 Å². The molecule has 0 radical (unpaired) electrons. The maximum absolute atomic E-state index is 13.2. The Morgan fingerprint density at radius 3 is 2.79 bits per heavy atom. The van der Waals surface area contributed by atoms with Crippen LogP contribution >= 0.6 is 11.3 Å². The molecule has 1 aliphatic heterocycles. The van der Waals surface area contributed by atoms with Crippen LogP contribution in [-0.4, -0.2) is 50.2 Å². The first-order valence-corrected chi connectivity index (χ1v) is 10.5. The van der Waals surface area contributed by atoms with E-state index in [1.807, 2.05) is 51.5 Å². The third kappa shape index (κ3) is 3.72. The van der Waals surface area contributed by atoms with E-state index >= 15 is 0 Å². The van der Waals surface area contributed by atoms with E-state index in [0.717, 1.165) is 29.2 Å². The number of nitrogens with zero attached hydrogens (tertiary/aromatic N) is 4. The molecule has 2 atom stereocenters. The molecule has 3 heterocycles. The first kappa shape index (κ1) is 18.8. The number of carbonyl (C=O) groups excluding carboxylic acids is 1. The summed E-state index contributed by atoms with van der Waals surface area (Å²) in [6, 6.07) is 10.7. The summed E-state index contributed by atoms with van der Waals surface area (Å²) in [6.07, 6.45) is 4.72. The van der Waals surface area contributed by atoms with Gasteiger partial charge in [-0.05, 0) is 39.3 Å². The quantitative estimate of drug-likeness (QED) is 0.717. The lowest BCUT2D eigenvalue weighted by Gasteiger charge is -2.31. The molecule has 4 rings (SSSR count). The van der Waals surface area contributed by atoms with Crippen molar-refractivity contribution in [2.45, 2.75) is 45.3 Å². The number of hydrogen-bond donors (Lipinski definition) is 1. The standard InChI is InChI=1S/C21H25N5OS/c1-14(2)26(18-9-15(3)22-11-18)21(27)19-13-28-20(24-19)16-10-23-25(12-16)17-7-5-4-6-8-17/h4-8,10,12-15,18,22H,9,11H2,1-3H3/t15-,18+/m1/s1. The van der Waals surface area contributed by atoms with Crippen molar-refractivity contribution < 1.29 is 4.79 Å². The SMILES string of the molecule is CC(C)N(C(=O)c1csc(-c2cnn(-c3ccccc3)c2)n1)[C@@H]1CN[C@H](C)C1. The van der Waals surface area contributed by atoms with E-state index in [4.69, 9.17) is 0 Å². The molecule has 0 spiro atoms. The van der Waals surface area contributed by atoms with Crippen molar-refractivity contribution in [3.63, 3.8) is 0 Å². The highest BCUT2D eigenvalue weighted by molar-refractivity contribution is 7.13. The zero-order valence-corrected chi connectivity index (χ0v) is 17.2. The molecular weight excluding hydrogens is 370 g/mol. The molecule has 0 aliphatic carbocycles. The van der Waals surface area contributed by atoms with Crippen LogP contribution in [0, 0.1) is 0 Å². The van der Waals surface area contributed by atoms with Gasteiger partial charge in [0.15, 0.2) is 0 Å². The lowest BCUT2D eigenvalue weighted by Crippen LogP contribution is -2.46. The lowest BCUT2D eigenvalue weighted by molar-refractivity contribution is 0.0619. The fourth-order valence-corrected chi connectivity index (χ4v) is 4.51. The summed E-state index contributed by atoms with van der Waals surface area (Å²) in [7, 11) is 0. The highest BCUT2D eigenvalue weighted by atomic mass is 32.1. The molecule has 146 valence electrons. The van der Waals surface area contributed by atoms with E-state index in [9.17, 15) is 4.79 Å². The summed E-state index contributed by atoms with van der Waals surface area (Å²) >= 11 is 1.48. The van der Waals surface area contributed by atoms with E-state index in [-0.39, 0.29) is 18.0 Å². The van der Waals surface area contributed by atoms with Crippen LogP contribution in [0.25, 0.3) is 16.3 Å². The van der Waals surface area contributed by atoms with Gasteiger partial charge in [-0.25, -0.2) is 9.67 Å². The van der Waals surface area contributed by atoms with Gasteiger partial charge < -0.3 is 10.2 Å². The number of benzene rings is 1. The van der Waals surface area contributed by atoms with Crippen LogP contribution in [0.4, 0.5) is 0 Å². The van der Waals surface area contributed by atoms with Crippen molar-refractivity contribution in [2.75, 3.05) is 6.54 Å². The molecule has 2 aromatic heterocycles. The Bertz CT molecular complexity index is 949. The van der Waals surface area contributed by atoms with Crippen LogP contribution in [0.15, 0.2) is 48.1 Å². The lowest BCUT2D eigenvalue weighted by atomic mass is 10.1. The number of rotatable bonds is 5. The number of carbonyl (C=O) groups is 1. The summed E-state index contributed by atoms with van der Waals surface area (Å²) in [4.78, 5) is 19.8. The molecule has 7 heteroatoms. The molecule has 3 aromatic rings. The second-order valence-electron chi connectivity index (χ2n) is 7.55. The van der Waals surface area contributed by atoms with Gasteiger partial charge in [0.1, 0.15) is 10.7 Å². The van der Waals surface area contributed by atoms with Crippen molar-refractivity contribution >= 4 is 17.2 Å². The first-order valence-electron chi connectivity index (χ1n) is 9.65. The minimum Gasteiger partial charge on any atom is -0.331 e. The molecule has 1 saturated heterocycles. The van der Waals surface area contributed by atoms with Crippen molar-refractivity contribution in [1.82, 2.24) is 25.0 Å². The van der Waals surface area contributed by atoms with Gasteiger partial charge in [0.2, 0.25) is 0 Å². The minimum atomic E-state index is 0.00820. The number of aromatic nitrogens is 3. The van der Waals surface area contributed by atoms with Gasteiger partial charge in [-0.1, -0.05) is 18.2 Å². The van der Waals surface area contributed by atoms with Gasteiger partial charge in [0.05, 0.1) is 11.9 Å². The van der Waals surface area contributed by atoms with Gasteiger partial charge in [-0.15, -0.1) is 11.3 Å². The molecular formula is C21H25N5OS. The molecule has 6 nitrogen and oxygen atoms in total. The fourth-order valence-electron chi connectivity index (χ4n) is 3.74. The Labute approximate surface area is 169 Å². The van der Waals surface area contributed by atoms with Gasteiger partial charge in [-0.3, -0.25) is 4.79 Å². The summed E-state index contributed by atoms with van der Waals surface area (Å²) in [6.45, 7) is 7.14. The Hall–Kier alpha value is -2.51.